The Balaban J connectivity index is 0.000000428. The first-order valence-corrected chi connectivity index (χ1v) is 13.8. The SMILES string of the molecule is COC(=O)[C@]1(C)CCNC1.Cc1cc(F)ccc1C1CCCCN1C(=O)N(C)Cc1cc(C(F)(F)F)cc(C(F)(F)F)c1. The summed E-state index contributed by atoms with van der Waals surface area (Å²) < 4.78 is 97.1. The number of hydrogen-bond donors (Lipinski definition) is 1. The van der Waals surface area contributed by atoms with E-state index in [0.717, 1.165) is 36.4 Å². The third-order valence-electron chi connectivity index (χ3n) is 7.78. The predicted molar refractivity (Wildman–Crippen MR) is 145 cm³/mol. The van der Waals surface area contributed by atoms with Crippen LogP contribution in [0.2, 0.25) is 0 Å². The van der Waals surface area contributed by atoms with Crippen LogP contribution in [0.3, 0.4) is 0 Å². The van der Waals surface area contributed by atoms with Gasteiger partial charge in [-0.15, -0.1) is 0 Å². The molecule has 2 fully saturated rings. The Bertz CT molecular complexity index is 1260. The van der Waals surface area contributed by atoms with Gasteiger partial charge in [-0.05, 0) is 93.1 Å². The van der Waals surface area contributed by atoms with Crippen molar-refractivity contribution in [3.8, 4) is 0 Å². The molecule has 2 heterocycles. The summed E-state index contributed by atoms with van der Waals surface area (Å²) in [6.07, 6.45) is -6.88. The summed E-state index contributed by atoms with van der Waals surface area (Å²) in [6.45, 7) is 5.27. The van der Waals surface area contributed by atoms with E-state index >= 15 is 0 Å². The molecular formula is C30H36F7N3O3. The van der Waals surface area contributed by atoms with Gasteiger partial charge >= 0.3 is 24.4 Å². The van der Waals surface area contributed by atoms with E-state index in [1.807, 2.05) is 6.92 Å². The van der Waals surface area contributed by atoms with Crippen molar-refractivity contribution >= 4 is 12.0 Å². The summed E-state index contributed by atoms with van der Waals surface area (Å²) in [6, 6.07) is 4.68. The molecule has 4 rings (SSSR count). The molecule has 2 aliphatic rings. The quantitative estimate of drug-likeness (QED) is 0.293. The lowest BCUT2D eigenvalue weighted by Crippen LogP contribution is -2.45. The zero-order valence-electron chi connectivity index (χ0n) is 24.5. The third kappa shape index (κ3) is 8.61. The largest absolute Gasteiger partial charge is 0.469 e. The number of nitrogens with zero attached hydrogens (tertiary/aromatic N) is 2. The molecule has 2 aliphatic heterocycles. The molecule has 0 spiro atoms. The van der Waals surface area contributed by atoms with Gasteiger partial charge in [-0.1, -0.05) is 6.07 Å². The summed E-state index contributed by atoms with van der Waals surface area (Å²) >= 11 is 0. The van der Waals surface area contributed by atoms with E-state index in [1.165, 1.54) is 26.3 Å². The van der Waals surface area contributed by atoms with Crippen LogP contribution in [0.1, 0.15) is 66.5 Å². The smallest absolute Gasteiger partial charge is 0.416 e. The second kappa shape index (κ2) is 13.5. The van der Waals surface area contributed by atoms with Crippen LogP contribution < -0.4 is 5.32 Å². The Morgan fingerprint density at radius 3 is 2.19 bits per heavy atom. The van der Waals surface area contributed by atoms with E-state index in [0.29, 0.717) is 37.1 Å². The summed E-state index contributed by atoms with van der Waals surface area (Å²) in [7, 11) is 2.77. The standard InChI is InChI=1S/C23H23F7N2O.C7H13NO2/c1-14-9-18(24)6-7-19(14)20-5-3-4-8-32(20)21(33)31(2)13-15-10-16(22(25,26)27)12-17(11-15)23(28,29)30;1-7(6(9)10-2)3-4-8-5-7/h6-7,9-12,20H,3-5,8,13H2,1-2H3;8H,3-5H2,1-2H3/t;7-/m.1/s1. The lowest BCUT2D eigenvalue weighted by Gasteiger charge is -2.39. The van der Waals surface area contributed by atoms with Gasteiger partial charge in [-0.3, -0.25) is 4.79 Å². The van der Waals surface area contributed by atoms with Gasteiger partial charge in [0.15, 0.2) is 0 Å². The summed E-state index contributed by atoms with van der Waals surface area (Å²) in [5, 5.41) is 3.13. The number of likely N-dealkylation sites (tertiary alicyclic amines) is 1. The number of methoxy groups -OCH3 is 1. The number of nitrogens with one attached hydrogen (secondary N) is 1. The average molecular weight is 620 g/mol. The highest BCUT2D eigenvalue weighted by Gasteiger charge is 2.38. The molecule has 0 radical (unpaired) electrons. The molecular weight excluding hydrogens is 583 g/mol. The molecule has 6 nitrogen and oxygen atoms in total. The lowest BCUT2D eigenvalue weighted by atomic mass is 9.90. The molecule has 13 heteroatoms. The van der Waals surface area contributed by atoms with Crippen molar-refractivity contribution in [3.05, 3.63) is 70.0 Å². The monoisotopic (exact) mass is 619 g/mol. The Morgan fingerprint density at radius 1 is 1.05 bits per heavy atom. The van der Waals surface area contributed by atoms with E-state index in [2.05, 4.69) is 10.1 Å². The molecule has 0 saturated carbocycles. The van der Waals surface area contributed by atoms with E-state index < -0.39 is 41.9 Å². The van der Waals surface area contributed by atoms with Gasteiger partial charge in [0, 0.05) is 26.7 Å². The Morgan fingerprint density at radius 2 is 1.67 bits per heavy atom. The van der Waals surface area contributed by atoms with Crippen LogP contribution in [0.5, 0.6) is 0 Å². The van der Waals surface area contributed by atoms with Gasteiger partial charge in [-0.25, -0.2) is 9.18 Å². The number of carbonyl (C=O) groups excluding carboxylic acids is 2. The molecule has 1 N–H and O–H groups in total. The number of urea groups is 1. The first-order valence-electron chi connectivity index (χ1n) is 13.8. The lowest BCUT2D eigenvalue weighted by molar-refractivity contribution is -0.150. The fourth-order valence-corrected chi connectivity index (χ4v) is 5.41. The van der Waals surface area contributed by atoms with Crippen LogP contribution in [0, 0.1) is 18.2 Å². The Hall–Kier alpha value is -3.35. The van der Waals surface area contributed by atoms with E-state index in [-0.39, 0.29) is 29.1 Å². The number of aryl methyl sites for hydroxylation is 1. The van der Waals surface area contributed by atoms with E-state index in [4.69, 9.17) is 0 Å². The van der Waals surface area contributed by atoms with Gasteiger partial charge in [0.1, 0.15) is 5.82 Å². The molecule has 0 aromatic heterocycles. The first-order chi connectivity index (χ1) is 20.0. The summed E-state index contributed by atoms with van der Waals surface area (Å²) in [5.74, 6) is -0.510. The van der Waals surface area contributed by atoms with Crippen molar-refractivity contribution in [2.24, 2.45) is 5.41 Å². The number of halogens is 7. The van der Waals surface area contributed by atoms with E-state index in [9.17, 15) is 40.3 Å². The highest BCUT2D eigenvalue weighted by Crippen LogP contribution is 2.37. The second-order valence-electron chi connectivity index (χ2n) is 11.2. The number of rotatable bonds is 4. The number of benzene rings is 2. The number of alkyl halides is 6. The number of ether oxygens (including phenoxy) is 1. The minimum atomic E-state index is -4.96. The number of esters is 1. The Kier molecular flexibility index (Phi) is 10.7. The molecule has 2 amide bonds. The molecule has 43 heavy (non-hydrogen) atoms. The molecule has 0 aliphatic carbocycles. The molecule has 238 valence electrons. The minimum Gasteiger partial charge on any atom is -0.469 e. The van der Waals surface area contributed by atoms with Gasteiger partial charge in [0.25, 0.3) is 0 Å². The van der Waals surface area contributed by atoms with Gasteiger partial charge in [0.05, 0.1) is 29.7 Å². The van der Waals surface area contributed by atoms with Crippen LogP contribution in [0.15, 0.2) is 36.4 Å². The number of carbonyl (C=O) groups is 2. The molecule has 1 unspecified atom stereocenters. The highest BCUT2D eigenvalue weighted by molar-refractivity contribution is 5.77. The molecule has 2 aromatic carbocycles. The number of hydrogen-bond acceptors (Lipinski definition) is 4. The Labute approximate surface area is 246 Å². The van der Waals surface area contributed by atoms with Gasteiger partial charge in [-0.2, -0.15) is 26.3 Å². The fourth-order valence-electron chi connectivity index (χ4n) is 5.41. The summed E-state index contributed by atoms with van der Waals surface area (Å²) in [4.78, 5) is 26.9. The van der Waals surface area contributed by atoms with Crippen LogP contribution >= 0.6 is 0 Å². The van der Waals surface area contributed by atoms with Crippen LogP contribution in [0.25, 0.3) is 0 Å². The molecule has 2 saturated heterocycles. The third-order valence-corrected chi connectivity index (χ3v) is 7.78. The zero-order chi connectivity index (χ0) is 32.2. The van der Waals surface area contributed by atoms with Crippen molar-refractivity contribution in [2.75, 3.05) is 33.8 Å². The topological polar surface area (TPSA) is 61.9 Å². The van der Waals surface area contributed by atoms with Crippen molar-refractivity contribution in [2.45, 2.75) is 64.5 Å². The average Bonchev–Trinajstić information content (AvgIpc) is 3.39. The zero-order valence-corrected chi connectivity index (χ0v) is 24.5. The highest BCUT2D eigenvalue weighted by atomic mass is 19.4. The maximum atomic E-state index is 13.5. The first kappa shape index (κ1) is 34.1. The van der Waals surface area contributed by atoms with Crippen LogP contribution in [-0.2, 0) is 28.4 Å². The normalized spacial score (nSPS) is 20.7. The number of amides is 2. The number of piperidine rings is 1. The van der Waals surface area contributed by atoms with Crippen LogP contribution in [0.4, 0.5) is 35.5 Å². The maximum Gasteiger partial charge on any atom is 0.416 e. The molecule has 2 atom stereocenters. The van der Waals surface area contributed by atoms with Gasteiger partial charge in [0.2, 0.25) is 0 Å². The molecule has 2 aromatic rings. The van der Waals surface area contributed by atoms with Crippen molar-refractivity contribution in [3.63, 3.8) is 0 Å². The maximum absolute atomic E-state index is 13.5. The van der Waals surface area contributed by atoms with Crippen molar-refractivity contribution in [1.29, 1.82) is 0 Å². The molecule has 0 bridgehead atoms. The van der Waals surface area contributed by atoms with Crippen LogP contribution in [-0.4, -0.2) is 55.6 Å². The van der Waals surface area contributed by atoms with Crippen molar-refractivity contribution in [1.82, 2.24) is 15.1 Å². The van der Waals surface area contributed by atoms with E-state index in [1.54, 1.807) is 17.9 Å². The fraction of sp³-hybridized carbons (Fsp3) is 0.533. The predicted octanol–water partition coefficient (Wildman–Crippen LogP) is 7.11. The minimum absolute atomic E-state index is 0.0588. The second-order valence-corrected chi connectivity index (χ2v) is 11.2. The van der Waals surface area contributed by atoms with Crippen molar-refractivity contribution < 1.29 is 45.1 Å². The summed E-state index contributed by atoms with van der Waals surface area (Å²) in [5.41, 5.74) is -1.97. The van der Waals surface area contributed by atoms with Gasteiger partial charge < -0.3 is 19.9 Å².